The van der Waals surface area contributed by atoms with Gasteiger partial charge >= 0.3 is 0 Å². The van der Waals surface area contributed by atoms with Gasteiger partial charge in [0.15, 0.2) is 0 Å². The molecule has 0 unspecified atom stereocenters. The Bertz CT molecular complexity index is 1410. The van der Waals surface area contributed by atoms with E-state index in [1.165, 1.54) is 4.91 Å². The van der Waals surface area contributed by atoms with Crippen molar-refractivity contribution >= 4 is 21.8 Å². The van der Waals surface area contributed by atoms with E-state index in [4.69, 9.17) is 0 Å². The van der Waals surface area contributed by atoms with Gasteiger partial charge in [0.1, 0.15) is 0 Å². The summed E-state index contributed by atoms with van der Waals surface area (Å²) in [5.74, 6) is 0. The molecule has 0 aromatic heterocycles. The van der Waals surface area contributed by atoms with Gasteiger partial charge in [0.2, 0.25) is 10.0 Å². The lowest BCUT2D eigenvalue weighted by atomic mass is 9.82. The molecule has 1 heterocycles. The van der Waals surface area contributed by atoms with Crippen molar-refractivity contribution in [3.63, 3.8) is 0 Å². The summed E-state index contributed by atoms with van der Waals surface area (Å²) in [5.41, 5.74) is 2.52. The Labute approximate surface area is 224 Å². The molecule has 37 heavy (non-hydrogen) atoms. The Kier molecular flexibility index (Phi) is 7.65. The zero-order valence-corrected chi connectivity index (χ0v) is 22.6. The van der Waals surface area contributed by atoms with Gasteiger partial charge in [-0.15, -0.1) is 0 Å². The predicted octanol–water partition coefficient (Wildman–Crippen LogP) is 7.29. The SMILES string of the molecule is Cc1ccc(S(=O)(=O)N2CCC(Sc3ccccc3)=CC2(Cc2ccccc2)Cc2ccccc2)cc1. The molecule has 0 spiro atoms. The molecule has 5 rings (SSSR count). The normalized spacial score (nSPS) is 15.8. The number of hydrogen-bond acceptors (Lipinski definition) is 3. The second-order valence-corrected chi connectivity index (χ2v) is 12.7. The summed E-state index contributed by atoms with van der Waals surface area (Å²) in [6.07, 6.45) is 4.09. The molecular formula is C32H31NO2S2. The highest BCUT2D eigenvalue weighted by atomic mass is 32.2. The van der Waals surface area contributed by atoms with Crippen LogP contribution in [0.25, 0.3) is 0 Å². The van der Waals surface area contributed by atoms with Crippen LogP contribution in [0.15, 0.2) is 136 Å². The zero-order chi connectivity index (χ0) is 25.7. The molecule has 0 saturated heterocycles. The molecule has 1 aliphatic rings. The predicted molar refractivity (Wildman–Crippen MR) is 153 cm³/mol. The molecule has 0 radical (unpaired) electrons. The number of aryl methyl sites for hydroxylation is 1. The van der Waals surface area contributed by atoms with Crippen molar-refractivity contribution in [1.82, 2.24) is 4.31 Å². The second-order valence-electron chi connectivity index (χ2n) is 9.59. The van der Waals surface area contributed by atoms with Crippen LogP contribution in [0.2, 0.25) is 0 Å². The fourth-order valence-electron chi connectivity index (χ4n) is 5.04. The van der Waals surface area contributed by atoms with Crippen molar-refractivity contribution in [2.24, 2.45) is 0 Å². The maximum atomic E-state index is 14.2. The van der Waals surface area contributed by atoms with E-state index in [0.29, 0.717) is 30.7 Å². The third-order valence-corrected chi connectivity index (χ3v) is 9.88. The minimum Gasteiger partial charge on any atom is -0.207 e. The Morgan fingerprint density at radius 1 is 0.730 bits per heavy atom. The summed E-state index contributed by atoms with van der Waals surface area (Å²) in [6, 6.07) is 38.0. The molecule has 188 valence electrons. The lowest BCUT2D eigenvalue weighted by Crippen LogP contribution is -2.55. The quantitative estimate of drug-likeness (QED) is 0.242. The second kappa shape index (κ2) is 11.1. The van der Waals surface area contributed by atoms with E-state index in [9.17, 15) is 8.42 Å². The van der Waals surface area contributed by atoms with Crippen molar-refractivity contribution < 1.29 is 8.42 Å². The molecule has 0 bridgehead atoms. The van der Waals surface area contributed by atoms with Gasteiger partial charge < -0.3 is 0 Å². The summed E-state index contributed by atoms with van der Waals surface area (Å²) in [4.78, 5) is 2.71. The Hall–Kier alpha value is -3.12. The summed E-state index contributed by atoms with van der Waals surface area (Å²) in [7, 11) is -3.74. The number of benzene rings is 4. The average molecular weight is 526 g/mol. The van der Waals surface area contributed by atoms with Gasteiger partial charge in [-0.2, -0.15) is 4.31 Å². The first kappa shape index (κ1) is 25.5. The number of sulfonamides is 1. The zero-order valence-electron chi connectivity index (χ0n) is 21.0. The fraction of sp³-hybridized carbons (Fsp3) is 0.188. The van der Waals surface area contributed by atoms with Crippen molar-refractivity contribution in [2.45, 2.75) is 41.5 Å². The van der Waals surface area contributed by atoms with E-state index in [1.807, 2.05) is 73.7 Å². The van der Waals surface area contributed by atoms with Crippen LogP contribution < -0.4 is 0 Å². The first-order valence-corrected chi connectivity index (χ1v) is 14.8. The smallest absolute Gasteiger partial charge is 0.207 e. The van der Waals surface area contributed by atoms with Crippen molar-refractivity contribution in [2.75, 3.05) is 6.54 Å². The molecule has 3 nitrogen and oxygen atoms in total. The van der Waals surface area contributed by atoms with E-state index in [1.54, 1.807) is 28.2 Å². The summed E-state index contributed by atoms with van der Waals surface area (Å²) < 4.78 is 30.3. The van der Waals surface area contributed by atoms with Crippen LogP contribution in [0.1, 0.15) is 23.1 Å². The molecule has 0 atom stereocenters. The largest absolute Gasteiger partial charge is 0.243 e. The number of hydrogen-bond donors (Lipinski definition) is 0. The fourth-order valence-corrected chi connectivity index (χ4v) is 7.83. The highest BCUT2D eigenvalue weighted by molar-refractivity contribution is 8.03. The third kappa shape index (κ3) is 5.90. The molecule has 4 aromatic carbocycles. The van der Waals surface area contributed by atoms with Crippen LogP contribution in [-0.4, -0.2) is 24.8 Å². The summed E-state index contributed by atoms with van der Waals surface area (Å²) in [5, 5.41) is 0. The lowest BCUT2D eigenvalue weighted by molar-refractivity contribution is 0.226. The number of thioether (sulfide) groups is 1. The topological polar surface area (TPSA) is 37.4 Å². The van der Waals surface area contributed by atoms with Crippen molar-refractivity contribution in [3.8, 4) is 0 Å². The molecule has 4 aromatic rings. The molecule has 0 N–H and O–H groups in total. The van der Waals surface area contributed by atoms with Crippen LogP contribution in [0.5, 0.6) is 0 Å². The molecular weight excluding hydrogens is 494 g/mol. The lowest BCUT2D eigenvalue weighted by Gasteiger charge is -2.45. The first-order chi connectivity index (χ1) is 17.9. The van der Waals surface area contributed by atoms with Gasteiger partial charge in [-0.3, -0.25) is 0 Å². The average Bonchev–Trinajstić information content (AvgIpc) is 2.90. The maximum Gasteiger partial charge on any atom is 0.243 e. The minimum atomic E-state index is -3.74. The minimum absolute atomic E-state index is 0.344. The van der Waals surface area contributed by atoms with Gasteiger partial charge in [-0.1, -0.05) is 114 Å². The molecule has 1 aliphatic heterocycles. The third-order valence-electron chi connectivity index (χ3n) is 6.79. The van der Waals surface area contributed by atoms with Gasteiger partial charge in [-0.25, -0.2) is 8.42 Å². The Morgan fingerprint density at radius 2 is 1.24 bits per heavy atom. The molecule has 0 fully saturated rings. The number of nitrogens with zero attached hydrogens (tertiary/aromatic N) is 1. The standard InChI is InChI=1S/C32H31NO2S2/c1-26-17-19-31(20-18-26)37(34,35)33-22-21-30(36-29-15-9-4-10-16-29)25-32(33,23-27-11-5-2-6-12-27)24-28-13-7-3-8-14-28/h2-20,25H,21-24H2,1H3. The highest BCUT2D eigenvalue weighted by Gasteiger charge is 2.45. The molecule has 0 aliphatic carbocycles. The first-order valence-electron chi connectivity index (χ1n) is 12.6. The highest BCUT2D eigenvalue weighted by Crippen LogP contribution is 2.42. The molecule has 0 saturated carbocycles. The van der Waals surface area contributed by atoms with E-state index in [0.717, 1.165) is 21.6 Å². The van der Waals surface area contributed by atoms with Gasteiger partial charge in [-0.05, 0) is 66.5 Å². The summed E-state index contributed by atoms with van der Waals surface area (Å²) >= 11 is 1.74. The maximum absolute atomic E-state index is 14.2. The Morgan fingerprint density at radius 3 is 1.78 bits per heavy atom. The van der Waals surface area contributed by atoms with Crippen molar-refractivity contribution in [1.29, 1.82) is 0 Å². The van der Waals surface area contributed by atoms with Crippen LogP contribution in [0, 0.1) is 6.92 Å². The van der Waals surface area contributed by atoms with E-state index in [2.05, 4.69) is 42.5 Å². The van der Waals surface area contributed by atoms with Gasteiger partial charge in [0, 0.05) is 11.4 Å². The monoisotopic (exact) mass is 525 g/mol. The van der Waals surface area contributed by atoms with E-state index < -0.39 is 15.6 Å². The van der Waals surface area contributed by atoms with E-state index in [-0.39, 0.29) is 0 Å². The van der Waals surface area contributed by atoms with Gasteiger partial charge in [0.25, 0.3) is 0 Å². The van der Waals surface area contributed by atoms with Crippen LogP contribution in [0.4, 0.5) is 0 Å². The van der Waals surface area contributed by atoms with Crippen LogP contribution >= 0.6 is 11.8 Å². The molecule has 0 amide bonds. The molecule has 5 heteroatoms. The Balaban J connectivity index is 1.65. The van der Waals surface area contributed by atoms with Crippen LogP contribution in [-0.2, 0) is 22.9 Å². The van der Waals surface area contributed by atoms with E-state index >= 15 is 0 Å². The van der Waals surface area contributed by atoms with Gasteiger partial charge in [0.05, 0.1) is 10.4 Å². The summed E-state index contributed by atoms with van der Waals surface area (Å²) in [6.45, 7) is 2.41. The number of rotatable bonds is 8. The van der Waals surface area contributed by atoms with Crippen molar-refractivity contribution in [3.05, 3.63) is 143 Å². The van der Waals surface area contributed by atoms with Crippen LogP contribution in [0.3, 0.4) is 0 Å².